The quantitative estimate of drug-likeness (QED) is 0.375. The summed E-state index contributed by atoms with van der Waals surface area (Å²) in [6, 6.07) is 22.9. The van der Waals surface area contributed by atoms with E-state index in [2.05, 4.69) is 48.5 Å². The molecule has 0 unspecified atom stereocenters. The fourth-order valence-electron chi connectivity index (χ4n) is 3.59. The molecule has 0 saturated heterocycles. The molecule has 4 aromatic carbocycles. The molecule has 1 N–H and O–H groups in total. The zero-order valence-corrected chi connectivity index (χ0v) is 11.3. The molecule has 98 valence electrons. The Morgan fingerprint density at radius 1 is 0.571 bits per heavy atom. The third-order valence-electron chi connectivity index (χ3n) is 4.47. The number of phenolic OH excluding ortho intramolecular Hbond substituents is 1. The first-order valence-electron chi connectivity index (χ1n) is 7.11. The third-order valence-corrected chi connectivity index (χ3v) is 4.47. The van der Waals surface area contributed by atoms with Gasteiger partial charge < -0.3 is 5.11 Å². The van der Waals surface area contributed by atoms with Crippen molar-refractivity contribution in [2.24, 2.45) is 0 Å². The Balaban J connectivity index is 2.08. The first-order valence-corrected chi connectivity index (χ1v) is 7.11. The molecule has 0 atom stereocenters. The lowest BCUT2D eigenvalue weighted by Gasteiger charge is -2.07. The Morgan fingerprint density at radius 2 is 1.43 bits per heavy atom. The van der Waals surface area contributed by atoms with Crippen molar-refractivity contribution in [3.8, 4) is 28.0 Å². The van der Waals surface area contributed by atoms with E-state index < -0.39 is 0 Å². The minimum Gasteiger partial charge on any atom is -0.508 e. The van der Waals surface area contributed by atoms with Gasteiger partial charge in [-0.05, 0) is 62.0 Å². The largest absolute Gasteiger partial charge is 0.508 e. The van der Waals surface area contributed by atoms with Crippen LogP contribution in [-0.2, 0) is 0 Å². The van der Waals surface area contributed by atoms with Gasteiger partial charge in [-0.3, -0.25) is 0 Å². The van der Waals surface area contributed by atoms with Gasteiger partial charge in [0.25, 0.3) is 0 Å². The summed E-state index contributed by atoms with van der Waals surface area (Å²) in [4.78, 5) is 0. The molecule has 0 saturated carbocycles. The van der Waals surface area contributed by atoms with Crippen molar-refractivity contribution in [3.05, 3.63) is 66.7 Å². The molecule has 1 heteroatoms. The molecule has 21 heavy (non-hydrogen) atoms. The van der Waals surface area contributed by atoms with Gasteiger partial charge in [0.2, 0.25) is 0 Å². The molecule has 1 aliphatic carbocycles. The van der Waals surface area contributed by atoms with Gasteiger partial charge in [0.15, 0.2) is 0 Å². The van der Waals surface area contributed by atoms with E-state index in [-0.39, 0.29) is 0 Å². The van der Waals surface area contributed by atoms with Crippen molar-refractivity contribution < 1.29 is 5.11 Å². The molecule has 0 amide bonds. The van der Waals surface area contributed by atoms with Gasteiger partial charge in [0.05, 0.1) is 0 Å². The molecule has 5 rings (SSSR count). The highest BCUT2D eigenvalue weighted by molar-refractivity contribution is 6.23. The zero-order valence-electron chi connectivity index (χ0n) is 11.3. The van der Waals surface area contributed by atoms with Gasteiger partial charge in [-0.25, -0.2) is 0 Å². The lowest BCUT2D eigenvalue weighted by atomic mass is 9.97. The van der Waals surface area contributed by atoms with E-state index in [1.54, 1.807) is 6.07 Å². The number of fused-ring (bicyclic) bond motifs is 5. The smallest absolute Gasteiger partial charge is 0.116 e. The van der Waals surface area contributed by atoms with E-state index in [4.69, 9.17) is 0 Å². The third kappa shape index (κ3) is 1.30. The average molecular weight is 268 g/mol. The number of hydrogen-bond acceptors (Lipinski definition) is 1. The topological polar surface area (TPSA) is 20.2 Å². The average Bonchev–Trinajstić information content (AvgIpc) is 2.83. The van der Waals surface area contributed by atoms with Gasteiger partial charge in [-0.15, -0.1) is 0 Å². The Morgan fingerprint density at radius 3 is 2.38 bits per heavy atom. The summed E-state index contributed by atoms with van der Waals surface area (Å²) in [5, 5.41) is 15.0. The second-order valence-corrected chi connectivity index (χ2v) is 5.60. The molecule has 1 aliphatic rings. The number of phenols is 1. The minimum absolute atomic E-state index is 0.322. The second kappa shape index (κ2) is 3.64. The minimum atomic E-state index is 0.322. The molecular weight excluding hydrogens is 256 g/mol. The van der Waals surface area contributed by atoms with Crippen molar-refractivity contribution in [1.29, 1.82) is 0 Å². The zero-order chi connectivity index (χ0) is 14.0. The van der Waals surface area contributed by atoms with Crippen LogP contribution in [0, 0.1) is 0 Å². The highest BCUT2D eigenvalue weighted by Crippen LogP contribution is 2.49. The molecule has 4 aromatic rings. The summed E-state index contributed by atoms with van der Waals surface area (Å²) in [5.74, 6) is 0.322. The molecular formula is C20H12O. The van der Waals surface area contributed by atoms with E-state index in [0.29, 0.717) is 5.75 Å². The van der Waals surface area contributed by atoms with E-state index in [0.717, 1.165) is 5.56 Å². The molecule has 0 aliphatic heterocycles. The lowest BCUT2D eigenvalue weighted by molar-refractivity contribution is 0.475. The molecule has 0 spiro atoms. The predicted octanol–water partition coefficient (Wildman–Crippen LogP) is 5.35. The van der Waals surface area contributed by atoms with Crippen LogP contribution < -0.4 is 0 Å². The normalized spacial score (nSPS) is 12.0. The van der Waals surface area contributed by atoms with Crippen LogP contribution >= 0.6 is 0 Å². The fourth-order valence-corrected chi connectivity index (χ4v) is 3.59. The Kier molecular flexibility index (Phi) is 1.90. The SMILES string of the molecule is Oc1ccc2c(c1)-c1cccc3c1c-2cc1ccccc13. The van der Waals surface area contributed by atoms with Crippen LogP contribution in [0.5, 0.6) is 5.75 Å². The monoisotopic (exact) mass is 268 g/mol. The van der Waals surface area contributed by atoms with Gasteiger partial charge in [-0.1, -0.05) is 48.5 Å². The summed E-state index contributed by atoms with van der Waals surface area (Å²) in [6.45, 7) is 0. The maximum atomic E-state index is 9.82. The Bertz CT molecular complexity index is 1040. The Hall–Kier alpha value is -2.80. The highest BCUT2D eigenvalue weighted by Gasteiger charge is 2.22. The van der Waals surface area contributed by atoms with Crippen LogP contribution in [0.3, 0.4) is 0 Å². The lowest BCUT2D eigenvalue weighted by Crippen LogP contribution is -1.79. The van der Waals surface area contributed by atoms with E-state index in [1.807, 2.05) is 12.1 Å². The van der Waals surface area contributed by atoms with Gasteiger partial charge >= 0.3 is 0 Å². The molecule has 0 bridgehead atoms. The number of aromatic hydroxyl groups is 1. The maximum Gasteiger partial charge on any atom is 0.116 e. The number of hydrogen-bond donors (Lipinski definition) is 1. The van der Waals surface area contributed by atoms with Gasteiger partial charge in [0.1, 0.15) is 5.75 Å². The molecule has 0 heterocycles. The van der Waals surface area contributed by atoms with Crippen LogP contribution in [0.1, 0.15) is 0 Å². The summed E-state index contributed by atoms with van der Waals surface area (Å²) >= 11 is 0. The van der Waals surface area contributed by atoms with Crippen molar-refractivity contribution >= 4 is 21.5 Å². The summed E-state index contributed by atoms with van der Waals surface area (Å²) in [6.07, 6.45) is 0. The van der Waals surface area contributed by atoms with E-state index >= 15 is 0 Å². The Labute approximate surface area is 122 Å². The number of rotatable bonds is 0. The first-order chi connectivity index (χ1) is 10.3. The standard InChI is InChI=1S/C20H12O/c21-13-8-9-15-18(11-13)17-7-3-6-16-14-5-2-1-4-12(14)10-19(15)20(16)17/h1-11,21H. The fraction of sp³-hybridized carbons (Fsp3) is 0. The summed E-state index contributed by atoms with van der Waals surface area (Å²) < 4.78 is 0. The van der Waals surface area contributed by atoms with E-state index in [1.165, 1.54) is 38.2 Å². The maximum absolute atomic E-state index is 9.82. The van der Waals surface area contributed by atoms with Crippen LogP contribution in [0.15, 0.2) is 66.7 Å². The van der Waals surface area contributed by atoms with E-state index in [9.17, 15) is 5.11 Å². The second-order valence-electron chi connectivity index (χ2n) is 5.60. The summed E-state index contributed by atoms with van der Waals surface area (Å²) in [5.41, 5.74) is 4.84. The van der Waals surface area contributed by atoms with Crippen molar-refractivity contribution in [1.82, 2.24) is 0 Å². The molecule has 1 nitrogen and oxygen atoms in total. The van der Waals surface area contributed by atoms with Gasteiger partial charge in [-0.2, -0.15) is 0 Å². The molecule has 0 aromatic heterocycles. The van der Waals surface area contributed by atoms with Crippen LogP contribution in [0.2, 0.25) is 0 Å². The summed E-state index contributed by atoms with van der Waals surface area (Å²) in [7, 11) is 0. The van der Waals surface area contributed by atoms with Crippen molar-refractivity contribution in [2.75, 3.05) is 0 Å². The molecule has 0 radical (unpaired) electrons. The highest BCUT2D eigenvalue weighted by atomic mass is 16.3. The van der Waals surface area contributed by atoms with Crippen LogP contribution in [-0.4, -0.2) is 5.11 Å². The van der Waals surface area contributed by atoms with Crippen LogP contribution in [0.4, 0.5) is 0 Å². The predicted molar refractivity (Wildman–Crippen MR) is 87.5 cm³/mol. The number of benzene rings is 4. The first kappa shape index (κ1) is 10.9. The van der Waals surface area contributed by atoms with Crippen molar-refractivity contribution in [2.45, 2.75) is 0 Å². The van der Waals surface area contributed by atoms with Crippen molar-refractivity contribution in [3.63, 3.8) is 0 Å². The van der Waals surface area contributed by atoms with Crippen LogP contribution in [0.25, 0.3) is 43.8 Å². The molecule has 0 fully saturated rings. The van der Waals surface area contributed by atoms with Gasteiger partial charge in [0, 0.05) is 0 Å².